The first kappa shape index (κ1) is 26.6. The third kappa shape index (κ3) is 6.70. The molecule has 8 nitrogen and oxygen atoms in total. The summed E-state index contributed by atoms with van der Waals surface area (Å²) in [5.74, 6) is 1.07. The highest BCUT2D eigenvalue weighted by atomic mass is 16.5. The van der Waals surface area contributed by atoms with Gasteiger partial charge in [-0.15, -0.1) is 0 Å². The minimum atomic E-state index is -0.102. The van der Waals surface area contributed by atoms with Gasteiger partial charge in [0.25, 0.3) is 5.91 Å². The third-order valence-electron chi connectivity index (χ3n) is 8.57. The van der Waals surface area contributed by atoms with Gasteiger partial charge in [0.05, 0.1) is 19.3 Å². The van der Waals surface area contributed by atoms with Gasteiger partial charge >= 0.3 is 0 Å². The molecule has 3 aliphatic heterocycles. The maximum atomic E-state index is 13.6. The molecular formula is C30H41N5O3. The Kier molecular flexibility index (Phi) is 8.89. The van der Waals surface area contributed by atoms with E-state index in [0.717, 1.165) is 70.5 Å². The average molecular weight is 520 g/mol. The van der Waals surface area contributed by atoms with Crippen molar-refractivity contribution >= 4 is 11.8 Å². The first-order valence-corrected chi connectivity index (χ1v) is 14.4. The second-order valence-corrected chi connectivity index (χ2v) is 11.2. The smallest absolute Gasteiger partial charge is 0.274 e. The molecule has 1 aromatic heterocycles. The van der Waals surface area contributed by atoms with Crippen molar-refractivity contribution in [3.63, 3.8) is 0 Å². The van der Waals surface area contributed by atoms with Crippen LogP contribution in [-0.2, 0) is 11.2 Å². The van der Waals surface area contributed by atoms with Crippen LogP contribution in [0, 0.1) is 5.41 Å². The van der Waals surface area contributed by atoms with Gasteiger partial charge < -0.3 is 14.5 Å². The largest absolute Gasteiger partial charge is 0.491 e. The maximum absolute atomic E-state index is 13.6. The molecule has 38 heavy (non-hydrogen) atoms. The normalized spacial score (nSPS) is 21.1. The summed E-state index contributed by atoms with van der Waals surface area (Å²) in [6.45, 7) is 5.71. The lowest BCUT2D eigenvalue weighted by Crippen LogP contribution is -2.51. The van der Waals surface area contributed by atoms with Gasteiger partial charge in [0, 0.05) is 32.0 Å². The quantitative estimate of drug-likeness (QED) is 0.614. The lowest BCUT2D eigenvalue weighted by Gasteiger charge is -2.45. The molecule has 0 atom stereocenters. The first-order chi connectivity index (χ1) is 18.6. The van der Waals surface area contributed by atoms with Crippen LogP contribution in [0.1, 0.15) is 67.4 Å². The van der Waals surface area contributed by atoms with Crippen LogP contribution >= 0.6 is 0 Å². The van der Waals surface area contributed by atoms with Gasteiger partial charge in [0.2, 0.25) is 5.91 Å². The van der Waals surface area contributed by atoms with Crippen molar-refractivity contribution in [1.82, 2.24) is 24.7 Å². The summed E-state index contributed by atoms with van der Waals surface area (Å²) in [5.41, 5.74) is 1.58. The fourth-order valence-corrected chi connectivity index (χ4v) is 6.29. The highest BCUT2D eigenvalue weighted by molar-refractivity contribution is 5.92. The van der Waals surface area contributed by atoms with Crippen molar-refractivity contribution in [3.8, 4) is 5.75 Å². The van der Waals surface area contributed by atoms with Crippen LogP contribution < -0.4 is 4.74 Å². The molecule has 4 heterocycles. The summed E-state index contributed by atoms with van der Waals surface area (Å²) >= 11 is 0. The molecule has 8 heteroatoms. The number of aromatic nitrogens is 2. The number of carbonyl (C=O) groups is 2. The number of carbonyl (C=O) groups excluding carboxylic acids is 2. The molecule has 2 aromatic rings. The molecule has 1 spiro atoms. The Morgan fingerprint density at radius 2 is 1.68 bits per heavy atom. The molecule has 2 saturated heterocycles. The predicted octanol–water partition coefficient (Wildman–Crippen LogP) is 3.82. The van der Waals surface area contributed by atoms with Crippen molar-refractivity contribution in [2.45, 2.75) is 57.8 Å². The van der Waals surface area contributed by atoms with E-state index >= 15 is 0 Å². The van der Waals surface area contributed by atoms with Gasteiger partial charge in [-0.3, -0.25) is 19.5 Å². The SMILES string of the molecule is O=C(CN1CCCCC1)N1CCC2(CCCCc3ccccc3OCCN(C(=O)c3cnccn3)C2)CC1. The number of para-hydroxylation sites is 1. The zero-order valence-corrected chi connectivity index (χ0v) is 22.5. The Bertz CT molecular complexity index is 1060. The molecule has 0 radical (unpaired) electrons. The molecule has 0 saturated carbocycles. The van der Waals surface area contributed by atoms with Gasteiger partial charge in [0.1, 0.15) is 18.1 Å². The summed E-state index contributed by atoms with van der Waals surface area (Å²) in [4.78, 5) is 41.4. The molecule has 3 aliphatic rings. The van der Waals surface area contributed by atoms with Crippen LogP contribution in [0.3, 0.4) is 0 Å². The summed E-state index contributed by atoms with van der Waals surface area (Å²) in [6, 6.07) is 8.23. The Morgan fingerprint density at radius 3 is 2.47 bits per heavy atom. The number of ether oxygens (including phenoxy) is 1. The van der Waals surface area contributed by atoms with E-state index in [9.17, 15) is 9.59 Å². The number of likely N-dealkylation sites (tertiary alicyclic amines) is 2. The fourth-order valence-electron chi connectivity index (χ4n) is 6.29. The monoisotopic (exact) mass is 519 g/mol. The van der Waals surface area contributed by atoms with E-state index in [1.54, 1.807) is 18.6 Å². The van der Waals surface area contributed by atoms with Crippen molar-refractivity contribution < 1.29 is 14.3 Å². The first-order valence-electron chi connectivity index (χ1n) is 14.4. The number of benzene rings is 1. The molecule has 1 aromatic carbocycles. The van der Waals surface area contributed by atoms with Gasteiger partial charge in [0.15, 0.2) is 0 Å². The summed E-state index contributed by atoms with van der Waals surface area (Å²) in [5, 5.41) is 0. The number of aryl methyl sites for hydroxylation is 1. The molecule has 0 aliphatic carbocycles. The average Bonchev–Trinajstić information content (AvgIpc) is 2.96. The highest BCUT2D eigenvalue weighted by Gasteiger charge is 2.38. The van der Waals surface area contributed by atoms with Crippen LogP contribution in [0.4, 0.5) is 0 Å². The summed E-state index contributed by atoms with van der Waals surface area (Å²) in [7, 11) is 0. The van der Waals surface area contributed by atoms with Crippen molar-refractivity contribution in [2.75, 3.05) is 52.4 Å². The van der Waals surface area contributed by atoms with Crippen molar-refractivity contribution in [3.05, 3.63) is 54.1 Å². The van der Waals surface area contributed by atoms with Crippen LogP contribution in [0.25, 0.3) is 0 Å². The molecular weight excluding hydrogens is 478 g/mol. The second kappa shape index (κ2) is 12.7. The number of rotatable bonds is 3. The zero-order chi connectivity index (χ0) is 26.2. The van der Waals surface area contributed by atoms with Crippen LogP contribution in [0.5, 0.6) is 5.75 Å². The molecule has 5 rings (SSSR count). The maximum Gasteiger partial charge on any atom is 0.274 e. The number of fused-ring (bicyclic) bond motifs is 1. The zero-order valence-electron chi connectivity index (χ0n) is 22.5. The molecule has 204 valence electrons. The third-order valence-corrected chi connectivity index (χ3v) is 8.57. The minimum Gasteiger partial charge on any atom is -0.491 e. The van der Waals surface area contributed by atoms with Crippen LogP contribution in [-0.4, -0.2) is 88.9 Å². The van der Waals surface area contributed by atoms with Crippen LogP contribution in [0.15, 0.2) is 42.9 Å². The molecule has 0 bridgehead atoms. The van der Waals surface area contributed by atoms with E-state index in [-0.39, 0.29) is 17.2 Å². The molecule has 2 amide bonds. The van der Waals surface area contributed by atoms with E-state index in [1.807, 2.05) is 17.0 Å². The van der Waals surface area contributed by atoms with Gasteiger partial charge in [-0.25, -0.2) is 4.98 Å². The second-order valence-electron chi connectivity index (χ2n) is 11.2. The van der Waals surface area contributed by atoms with E-state index in [0.29, 0.717) is 31.9 Å². The van der Waals surface area contributed by atoms with E-state index in [2.05, 4.69) is 31.9 Å². The number of hydrogen-bond acceptors (Lipinski definition) is 6. The molecule has 0 N–H and O–H groups in total. The molecule has 2 fully saturated rings. The number of nitrogens with zero attached hydrogens (tertiary/aromatic N) is 5. The lowest BCUT2D eigenvalue weighted by molar-refractivity contribution is -0.135. The predicted molar refractivity (Wildman–Crippen MR) is 146 cm³/mol. The number of hydrogen-bond donors (Lipinski definition) is 0. The number of piperidine rings is 2. The van der Waals surface area contributed by atoms with Crippen LogP contribution in [0.2, 0.25) is 0 Å². The topological polar surface area (TPSA) is 78.9 Å². The lowest BCUT2D eigenvalue weighted by atomic mass is 9.73. The van der Waals surface area contributed by atoms with Gasteiger partial charge in [-0.05, 0) is 75.1 Å². The number of amides is 2. The Balaban J connectivity index is 1.30. The molecule has 0 unspecified atom stereocenters. The Hall–Kier alpha value is -3.00. The van der Waals surface area contributed by atoms with E-state index in [4.69, 9.17) is 4.74 Å². The standard InChI is InChI=1S/C30H41N5O3/c36-28(23-33-16-6-1-7-17-33)34-18-12-30(13-19-34)11-5-4-9-25-8-2-3-10-27(25)38-21-20-35(24-30)29(37)26-22-31-14-15-32-26/h2-3,8,10,14-15,22H,1,4-7,9,11-13,16-21,23-24H2. The van der Waals surface area contributed by atoms with E-state index in [1.165, 1.54) is 24.8 Å². The Morgan fingerprint density at radius 1 is 0.868 bits per heavy atom. The van der Waals surface area contributed by atoms with Gasteiger partial charge in [-0.2, -0.15) is 0 Å². The fraction of sp³-hybridized carbons (Fsp3) is 0.600. The Labute approximate surface area is 226 Å². The minimum absolute atomic E-state index is 0.0154. The van der Waals surface area contributed by atoms with Gasteiger partial charge in [-0.1, -0.05) is 31.0 Å². The van der Waals surface area contributed by atoms with Crippen molar-refractivity contribution in [2.24, 2.45) is 5.41 Å². The van der Waals surface area contributed by atoms with Crippen molar-refractivity contribution in [1.29, 1.82) is 0 Å². The summed E-state index contributed by atoms with van der Waals surface area (Å²) < 4.78 is 6.19. The van der Waals surface area contributed by atoms with E-state index < -0.39 is 0 Å². The summed E-state index contributed by atoms with van der Waals surface area (Å²) in [6.07, 6.45) is 14.4. The highest BCUT2D eigenvalue weighted by Crippen LogP contribution is 2.38.